The number of rotatable bonds is 2. The molecule has 3 rings (SSSR count). The molecule has 24 heavy (non-hydrogen) atoms. The second-order valence-corrected chi connectivity index (χ2v) is 5.13. The van der Waals surface area contributed by atoms with Crippen LogP contribution in [0.5, 0.6) is 0 Å². The summed E-state index contributed by atoms with van der Waals surface area (Å²) in [7, 11) is 0. The van der Waals surface area contributed by atoms with Gasteiger partial charge in [-0.3, -0.25) is 0 Å². The summed E-state index contributed by atoms with van der Waals surface area (Å²) in [5.74, 6) is -2.01. The molecule has 0 spiro atoms. The fourth-order valence-electron chi connectivity index (χ4n) is 2.62. The first-order valence-electron chi connectivity index (χ1n) is 7.13. The van der Waals surface area contributed by atoms with E-state index in [9.17, 15) is 19.3 Å². The third kappa shape index (κ3) is 2.62. The molecule has 0 radical (unpaired) electrons. The average molecular weight is 316 g/mol. The van der Waals surface area contributed by atoms with Crippen molar-refractivity contribution in [3.8, 4) is 34.4 Å². The normalized spacial score (nSPS) is 10.0. The summed E-state index contributed by atoms with van der Waals surface area (Å²) in [5.41, 5.74) is 2.41. The molecule has 0 N–H and O–H groups in total. The molecule has 0 bridgehead atoms. The molecule has 3 aromatic carbocycles. The predicted molar refractivity (Wildman–Crippen MR) is 86.7 cm³/mol. The van der Waals surface area contributed by atoms with Crippen molar-refractivity contribution >= 4 is 0 Å². The second kappa shape index (κ2) is 6.32. The van der Waals surface area contributed by atoms with Crippen LogP contribution < -0.4 is 0 Å². The highest BCUT2D eigenvalue weighted by Crippen LogP contribution is 2.36. The van der Waals surface area contributed by atoms with Gasteiger partial charge >= 0.3 is 0 Å². The van der Waals surface area contributed by atoms with Gasteiger partial charge in [0.2, 0.25) is 0 Å². The zero-order valence-corrected chi connectivity index (χ0v) is 12.4. The van der Waals surface area contributed by atoms with Gasteiger partial charge in [-0.05, 0) is 35.4 Å². The number of nitrogens with zero attached hydrogens (tertiary/aromatic N) is 2. The molecule has 0 aliphatic heterocycles. The zero-order valence-electron chi connectivity index (χ0n) is 12.4. The van der Waals surface area contributed by atoms with E-state index in [1.165, 1.54) is 0 Å². The number of benzene rings is 3. The molecule has 0 atom stereocenters. The van der Waals surface area contributed by atoms with E-state index in [4.69, 9.17) is 0 Å². The van der Waals surface area contributed by atoms with Gasteiger partial charge in [-0.1, -0.05) is 36.4 Å². The lowest BCUT2D eigenvalue weighted by atomic mass is 9.90. The van der Waals surface area contributed by atoms with Gasteiger partial charge in [0.15, 0.2) is 11.6 Å². The molecule has 0 aromatic heterocycles. The lowest BCUT2D eigenvalue weighted by molar-refractivity contribution is 0.509. The molecule has 0 saturated heterocycles. The van der Waals surface area contributed by atoms with Crippen LogP contribution in [0, 0.1) is 34.3 Å². The fraction of sp³-hybridized carbons (Fsp3) is 0. The predicted octanol–water partition coefficient (Wildman–Crippen LogP) is 5.04. The van der Waals surface area contributed by atoms with Crippen LogP contribution in [0.1, 0.15) is 11.1 Å². The smallest absolute Gasteiger partial charge is 0.159 e. The molecule has 0 aliphatic rings. The van der Waals surface area contributed by atoms with Crippen LogP contribution in [-0.2, 0) is 0 Å². The fourth-order valence-corrected chi connectivity index (χ4v) is 2.62. The van der Waals surface area contributed by atoms with Crippen LogP contribution in [0.25, 0.3) is 22.3 Å². The Bertz CT molecular complexity index is 928. The topological polar surface area (TPSA) is 47.6 Å². The summed E-state index contributed by atoms with van der Waals surface area (Å²) < 4.78 is 27.7. The summed E-state index contributed by atoms with van der Waals surface area (Å²) in [6, 6.07) is 19.6. The van der Waals surface area contributed by atoms with E-state index in [0.29, 0.717) is 33.4 Å². The van der Waals surface area contributed by atoms with Gasteiger partial charge in [-0.25, -0.2) is 8.78 Å². The SMILES string of the molecule is N#Cc1ccccc1-c1cc(F)c(F)cc1-c1ccccc1C#N. The van der Waals surface area contributed by atoms with Crippen molar-refractivity contribution in [1.82, 2.24) is 0 Å². The van der Waals surface area contributed by atoms with Crippen molar-refractivity contribution in [2.45, 2.75) is 0 Å². The minimum absolute atomic E-state index is 0.346. The summed E-state index contributed by atoms with van der Waals surface area (Å²) >= 11 is 0. The van der Waals surface area contributed by atoms with Gasteiger partial charge in [0.1, 0.15) is 0 Å². The standard InChI is InChI=1S/C20H10F2N2/c21-19-9-17(15-7-3-1-5-13(15)11-23)18(10-20(19)22)16-8-4-2-6-14(16)12-24/h1-10H. The Labute approximate surface area is 137 Å². The molecule has 0 saturated carbocycles. The Morgan fingerprint density at radius 3 is 1.33 bits per heavy atom. The summed E-state index contributed by atoms with van der Waals surface area (Å²) in [6.45, 7) is 0. The highest BCUT2D eigenvalue weighted by atomic mass is 19.2. The number of hydrogen-bond acceptors (Lipinski definition) is 2. The van der Waals surface area contributed by atoms with Crippen LogP contribution in [0.2, 0.25) is 0 Å². The van der Waals surface area contributed by atoms with E-state index in [1.807, 2.05) is 0 Å². The van der Waals surface area contributed by atoms with Gasteiger partial charge in [0.05, 0.1) is 23.3 Å². The van der Waals surface area contributed by atoms with E-state index < -0.39 is 11.6 Å². The third-order valence-corrected chi connectivity index (χ3v) is 3.74. The maximum absolute atomic E-state index is 13.9. The van der Waals surface area contributed by atoms with Crippen LogP contribution in [0.4, 0.5) is 8.78 Å². The first-order chi connectivity index (χ1) is 11.7. The van der Waals surface area contributed by atoms with Gasteiger partial charge in [0.25, 0.3) is 0 Å². The van der Waals surface area contributed by atoms with Crippen molar-refractivity contribution in [2.24, 2.45) is 0 Å². The Morgan fingerprint density at radius 2 is 0.958 bits per heavy atom. The van der Waals surface area contributed by atoms with E-state index >= 15 is 0 Å². The number of hydrogen-bond donors (Lipinski definition) is 0. The molecule has 0 amide bonds. The van der Waals surface area contributed by atoms with Gasteiger partial charge in [-0.15, -0.1) is 0 Å². The Hall–Kier alpha value is -3.50. The molecule has 2 nitrogen and oxygen atoms in total. The number of nitriles is 2. The molecule has 0 aliphatic carbocycles. The zero-order chi connectivity index (χ0) is 17.1. The third-order valence-electron chi connectivity index (χ3n) is 3.74. The highest BCUT2D eigenvalue weighted by molar-refractivity contribution is 5.88. The molecule has 0 unspecified atom stereocenters. The van der Waals surface area contributed by atoms with E-state index in [2.05, 4.69) is 12.1 Å². The molecular weight excluding hydrogens is 306 g/mol. The lowest BCUT2D eigenvalue weighted by Gasteiger charge is -2.13. The molecule has 114 valence electrons. The largest absolute Gasteiger partial charge is 0.204 e. The van der Waals surface area contributed by atoms with E-state index in [1.54, 1.807) is 48.5 Å². The van der Waals surface area contributed by atoms with Crippen molar-refractivity contribution < 1.29 is 8.78 Å². The number of halogens is 2. The van der Waals surface area contributed by atoms with Gasteiger partial charge in [0, 0.05) is 11.1 Å². The van der Waals surface area contributed by atoms with Crippen molar-refractivity contribution in [3.05, 3.63) is 83.4 Å². The van der Waals surface area contributed by atoms with Gasteiger partial charge in [-0.2, -0.15) is 10.5 Å². The molecular formula is C20H10F2N2. The monoisotopic (exact) mass is 316 g/mol. The van der Waals surface area contributed by atoms with Crippen LogP contribution >= 0.6 is 0 Å². The van der Waals surface area contributed by atoms with E-state index in [0.717, 1.165) is 12.1 Å². The molecule has 4 heteroatoms. The quantitative estimate of drug-likeness (QED) is 0.665. The van der Waals surface area contributed by atoms with Crippen LogP contribution in [0.3, 0.4) is 0 Å². The molecule has 0 fully saturated rings. The highest BCUT2D eigenvalue weighted by Gasteiger charge is 2.17. The van der Waals surface area contributed by atoms with Crippen molar-refractivity contribution in [3.63, 3.8) is 0 Å². The first-order valence-corrected chi connectivity index (χ1v) is 7.13. The van der Waals surface area contributed by atoms with Crippen LogP contribution in [0.15, 0.2) is 60.7 Å². The second-order valence-electron chi connectivity index (χ2n) is 5.13. The van der Waals surface area contributed by atoms with Crippen molar-refractivity contribution in [1.29, 1.82) is 10.5 Å². The summed E-state index contributed by atoms with van der Waals surface area (Å²) in [6.07, 6.45) is 0. The van der Waals surface area contributed by atoms with Gasteiger partial charge < -0.3 is 0 Å². The molecule has 3 aromatic rings. The minimum Gasteiger partial charge on any atom is -0.204 e. The Morgan fingerprint density at radius 1 is 0.583 bits per heavy atom. The first kappa shape index (κ1) is 15.4. The maximum atomic E-state index is 13.9. The maximum Gasteiger partial charge on any atom is 0.159 e. The molecule has 0 heterocycles. The van der Waals surface area contributed by atoms with Crippen molar-refractivity contribution in [2.75, 3.05) is 0 Å². The summed E-state index contributed by atoms with van der Waals surface area (Å²) in [5, 5.41) is 18.6. The van der Waals surface area contributed by atoms with E-state index in [-0.39, 0.29) is 0 Å². The Balaban J connectivity index is 2.38. The summed E-state index contributed by atoms with van der Waals surface area (Å²) in [4.78, 5) is 0. The van der Waals surface area contributed by atoms with Crippen LogP contribution in [-0.4, -0.2) is 0 Å². The minimum atomic E-state index is -1.00. The Kier molecular flexibility index (Phi) is 4.05. The average Bonchev–Trinajstić information content (AvgIpc) is 2.63. The lowest BCUT2D eigenvalue weighted by Crippen LogP contribution is -1.95.